The molecule has 3 unspecified atom stereocenters. The molecule has 0 saturated carbocycles. The fraction of sp³-hybridized carbons (Fsp3) is 0.120. The van der Waals surface area contributed by atoms with Crippen LogP contribution >= 0.6 is 39.3 Å². The smallest absolute Gasteiger partial charge is 0.0551 e. The molecule has 0 saturated heterocycles. The average molecular weight is 464 g/mol. The molecule has 6 rings (SSSR count). The molecule has 0 amide bonds. The van der Waals surface area contributed by atoms with Crippen molar-refractivity contribution in [1.82, 2.24) is 0 Å². The standard InChI is InChI=1S/C25H16BrClS/c26-15-9-12-24-22(13-15)25(20-7-3-4-8-23(20)28-24)19-6-2-1-5-17(19)18-11-10-16(27)14-21(18)25/h1-14,20,23H. The van der Waals surface area contributed by atoms with Crippen LogP contribution in [0.5, 0.6) is 0 Å². The van der Waals surface area contributed by atoms with E-state index in [1.165, 1.54) is 32.7 Å². The normalized spacial score (nSPS) is 25.9. The Bertz CT molecular complexity index is 1190. The monoisotopic (exact) mass is 462 g/mol. The zero-order chi connectivity index (χ0) is 18.9. The molecule has 2 aliphatic carbocycles. The number of hydrogen-bond donors (Lipinski definition) is 0. The van der Waals surface area contributed by atoms with E-state index in [1.807, 2.05) is 17.8 Å². The SMILES string of the molecule is Clc1ccc2c(c1)C1(c3cc(Br)ccc3SC3C=CC=CC31)c1ccccc1-2. The quantitative estimate of drug-likeness (QED) is 0.330. The third-order valence-electron chi connectivity index (χ3n) is 6.26. The second kappa shape index (κ2) is 6.13. The molecule has 0 N–H and O–H groups in total. The molecule has 1 spiro atoms. The van der Waals surface area contributed by atoms with Crippen molar-refractivity contribution >= 4 is 39.3 Å². The number of rotatable bonds is 0. The minimum Gasteiger partial charge on any atom is -0.118 e. The molecular weight excluding hydrogens is 448 g/mol. The highest BCUT2D eigenvalue weighted by molar-refractivity contribution is 9.10. The molecule has 0 bridgehead atoms. The highest BCUT2D eigenvalue weighted by Gasteiger charge is 2.54. The van der Waals surface area contributed by atoms with E-state index in [0.29, 0.717) is 11.2 Å². The topological polar surface area (TPSA) is 0 Å². The summed E-state index contributed by atoms with van der Waals surface area (Å²) in [7, 11) is 0. The fourth-order valence-corrected chi connectivity index (χ4v) is 7.19. The average Bonchev–Trinajstić information content (AvgIpc) is 3.00. The Morgan fingerprint density at radius 2 is 1.64 bits per heavy atom. The zero-order valence-corrected chi connectivity index (χ0v) is 18.1. The van der Waals surface area contributed by atoms with Gasteiger partial charge in [0.05, 0.1) is 5.41 Å². The van der Waals surface area contributed by atoms with Crippen molar-refractivity contribution in [3.05, 3.63) is 111 Å². The lowest BCUT2D eigenvalue weighted by Gasteiger charge is -2.47. The molecule has 136 valence electrons. The molecule has 0 radical (unpaired) electrons. The second-order valence-corrected chi connectivity index (χ2v) is 10.1. The van der Waals surface area contributed by atoms with Crippen molar-refractivity contribution in [2.75, 3.05) is 0 Å². The molecule has 3 aromatic carbocycles. The van der Waals surface area contributed by atoms with Gasteiger partial charge in [-0.05, 0) is 58.1 Å². The van der Waals surface area contributed by atoms with E-state index in [4.69, 9.17) is 11.6 Å². The Hall–Kier alpha value is -1.74. The summed E-state index contributed by atoms with van der Waals surface area (Å²) in [5.41, 5.74) is 6.50. The summed E-state index contributed by atoms with van der Waals surface area (Å²) in [4.78, 5) is 1.35. The molecule has 28 heavy (non-hydrogen) atoms. The number of halogens is 2. The van der Waals surface area contributed by atoms with Gasteiger partial charge in [0.1, 0.15) is 0 Å². The molecule has 3 aliphatic rings. The van der Waals surface area contributed by atoms with Gasteiger partial charge in [0.15, 0.2) is 0 Å². The van der Waals surface area contributed by atoms with Crippen LogP contribution in [0.3, 0.4) is 0 Å². The van der Waals surface area contributed by atoms with Crippen LogP contribution in [0.25, 0.3) is 11.1 Å². The molecule has 0 aromatic heterocycles. The van der Waals surface area contributed by atoms with Gasteiger partial charge < -0.3 is 0 Å². The summed E-state index contributed by atoms with van der Waals surface area (Å²) in [6.07, 6.45) is 9.14. The molecular formula is C25H16BrClS. The van der Waals surface area contributed by atoms with E-state index in [-0.39, 0.29) is 5.41 Å². The van der Waals surface area contributed by atoms with Gasteiger partial charge in [-0.3, -0.25) is 0 Å². The number of fused-ring (bicyclic) bond motifs is 9. The number of benzene rings is 3. The first-order chi connectivity index (χ1) is 13.7. The van der Waals surface area contributed by atoms with E-state index in [1.54, 1.807) is 0 Å². The van der Waals surface area contributed by atoms with Crippen LogP contribution in [0.1, 0.15) is 16.7 Å². The van der Waals surface area contributed by atoms with Crippen LogP contribution in [-0.4, -0.2) is 5.25 Å². The summed E-state index contributed by atoms with van der Waals surface area (Å²) in [6, 6.07) is 22.0. The van der Waals surface area contributed by atoms with Crippen LogP contribution in [0.2, 0.25) is 5.02 Å². The first-order valence-electron chi connectivity index (χ1n) is 9.41. The first-order valence-corrected chi connectivity index (χ1v) is 11.5. The van der Waals surface area contributed by atoms with Gasteiger partial charge >= 0.3 is 0 Å². The summed E-state index contributed by atoms with van der Waals surface area (Å²) in [5.74, 6) is 0.338. The largest absolute Gasteiger partial charge is 0.118 e. The molecule has 3 atom stereocenters. The molecule has 0 nitrogen and oxygen atoms in total. The van der Waals surface area contributed by atoms with E-state index in [2.05, 4.69) is 94.8 Å². The van der Waals surface area contributed by atoms with Gasteiger partial charge in [0, 0.05) is 25.6 Å². The van der Waals surface area contributed by atoms with Gasteiger partial charge in [0.2, 0.25) is 0 Å². The molecule has 3 aromatic rings. The Balaban J connectivity index is 1.81. The maximum absolute atomic E-state index is 6.56. The summed E-state index contributed by atoms with van der Waals surface area (Å²) >= 11 is 12.3. The van der Waals surface area contributed by atoms with Crippen molar-refractivity contribution in [1.29, 1.82) is 0 Å². The highest BCUT2D eigenvalue weighted by atomic mass is 79.9. The van der Waals surface area contributed by atoms with Crippen LogP contribution in [0.4, 0.5) is 0 Å². The summed E-state index contributed by atoms with van der Waals surface area (Å²) in [6.45, 7) is 0. The first kappa shape index (κ1) is 17.1. The Labute approximate surface area is 182 Å². The third-order valence-corrected chi connectivity index (χ3v) is 8.32. The minimum atomic E-state index is -0.229. The zero-order valence-electron chi connectivity index (χ0n) is 14.9. The predicted octanol–water partition coefficient (Wildman–Crippen LogP) is 7.63. The van der Waals surface area contributed by atoms with Crippen molar-refractivity contribution in [3.63, 3.8) is 0 Å². The van der Waals surface area contributed by atoms with E-state index in [9.17, 15) is 0 Å². The van der Waals surface area contributed by atoms with Gasteiger partial charge in [-0.25, -0.2) is 0 Å². The third kappa shape index (κ3) is 2.14. The van der Waals surface area contributed by atoms with Crippen LogP contribution < -0.4 is 0 Å². The lowest BCUT2D eigenvalue weighted by atomic mass is 9.62. The van der Waals surface area contributed by atoms with E-state index in [0.717, 1.165) is 9.50 Å². The summed E-state index contributed by atoms with van der Waals surface area (Å²) in [5, 5.41) is 1.20. The maximum atomic E-state index is 6.56. The minimum absolute atomic E-state index is 0.229. The molecule has 3 heteroatoms. The number of thioether (sulfide) groups is 1. The highest BCUT2D eigenvalue weighted by Crippen LogP contribution is 2.63. The van der Waals surface area contributed by atoms with Crippen molar-refractivity contribution in [2.45, 2.75) is 15.6 Å². The van der Waals surface area contributed by atoms with E-state index < -0.39 is 0 Å². The molecule has 1 heterocycles. The van der Waals surface area contributed by atoms with Crippen molar-refractivity contribution in [2.24, 2.45) is 5.92 Å². The van der Waals surface area contributed by atoms with Gasteiger partial charge in [-0.1, -0.05) is 82.2 Å². The van der Waals surface area contributed by atoms with Gasteiger partial charge in [-0.15, -0.1) is 11.8 Å². The Morgan fingerprint density at radius 1 is 0.821 bits per heavy atom. The fourth-order valence-electron chi connectivity index (χ4n) is 5.26. The number of hydrogen-bond acceptors (Lipinski definition) is 1. The lowest BCUT2D eigenvalue weighted by Crippen LogP contribution is -2.43. The van der Waals surface area contributed by atoms with Crippen molar-refractivity contribution < 1.29 is 0 Å². The second-order valence-electron chi connectivity index (χ2n) is 7.56. The molecule has 1 aliphatic heterocycles. The lowest BCUT2D eigenvalue weighted by molar-refractivity contribution is 0.449. The Kier molecular flexibility index (Phi) is 3.75. The number of allylic oxidation sites excluding steroid dienone is 3. The van der Waals surface area contributed by atoms with Gasteiger partial charge in [0.25, 0.3) is 0 Å². The van der Waals surface area contributed by atoms with Crippen molar-refractivity contribution in [3.8, 4) is 11.1 Å². The van der Waals surface area contributed by atoms with Crippen LogP contribution in [0, 0.1) is 5.92 Å². The predicted molar refractivity (Wildman–Crippen MR) is 122 cm³/mol. The van der Waals surface area contributed by atoms with Crippen LogP contribution in [-0.2, 0) is 5.41 Å². The van der Waals surface area contributed by atoms with Gasteiger partial charge in [-0.2, -0.15) is 0 Å². The van der Waals surface area contributed by atoms with E-state index >= 15 is 0 Å². The van der Waals surface area contributed by atoms with Crippen LogP contribution in [0.15, 0.2) is 94.3 Å². The maximum Gasteiger partial charge on any atom is 0.0551 e. The molecule has 0 fully saturated rings. The summed E-state index contributed by atoms with van der Waals surface area (Å²) < 4.78 is 1.12. The Morgan fingerprint density at radius 3 is 2.57 bits per heavy atom.